The predicted octanol–water partition coefficient (Wildman–Crippen LogP) is 5.74. The molecular formula is C17H15OS2+. The van der Waals surface area contributed by atoms with Gasteiger partial charge in [0.2, 0.25) is 0 Å². The minimum absolute atomic E-state index is 0.928. The van der Waals surface area contributed by atoms with Crippen LogP contribution in [0.25, 0.3) is 20.9 Å². The van der Waals surface area contributed by atoms with Crippen molar-refractivity contribution in [3.63, 3.8) is 0 Å². The molecule has 3 heteroatoms. The SMILES string of the molecule is COc1ccccc1-c1cc(-c2ccc(C)cc2)[s+]s1. The molecule has 0 amide bonds. The smallest absolute Gasteiger partial charge is 0.301 e. The number of hydrogen-bond donors (Lipinski definition) is 0. The molecule has 0 spiro atoms. The van der Waals surface area contributed by atoms with E-state index in [2.05, 4.69) is 43.3 Å². The van der Waals surface area contributed by atoms with Crippen LogP contribution in [-0.2, 0) is 0 Å². The zero-order chi connectivity index (χ0) is 13.9. The Bertz CT molecular complexity index is 714. The zero-order valence-electron chi connectivity index (χ0n) is 11.4. The van der Waals surface area contributed by atoms with Gasteiger partial charge in [-0.05, 0) is 31.2 Å². The van der Waals surface area contributed by atoms with E-state index in [1.165, 1.54) is 20.9 Å². The van der Waals surface area contributed by atoms with Crippen molar-refractivity contribution in [1.29, 1.82) is 0 Å². The molecule has 0 saturated carbocycles. The second kappa shape index (κ2) is 5.73. The molecule has 0 fully saturated rings. The Kier molecular flexibility index (Phi) is 3.81. The van der Waals surface area contributed by atoms with Gasteiger partial charge in [0.25, 0.3) is 4.88 Å². The van der Waals surface area contributed by atoms with Gasteiger partial charge in [-0.3, -0.25) is 0 Å². The maximum atomic E-state index is 5.44. The Morgan fingerprint density at radius 3 is 2.50 bits per heavy atom. The largest absolute Gasteiger partial charge is 0.496 e. The topological polar surface area (TPSA) is 9.23 Å². The molecule has 2 aromatic carbocycles. The standard InChI is InChI=1S/C17H15OS2/c1-12-7-9-13(10-8-12)16-11-17(20-19-16)14-5-3-4-6-15(14)18-2/h3-11H,1-2H3/q+1. The van der Waals surface area contributed by atoms with Crippen molar-refractivity contribution >= 4 is 20.7 Å². The highest BCUT2D eigenvalue weighted by atomic mass is 32.9. The Morgan fingerprint density at radius 2 is 1.75 bits per heavy atom. The maximum absolute atomic E-state index is 5.44. The summed E-state index contributed by atoms with van der Waals surface area (Å²) >= 11 is 0. The van der Waals surface area contributed by atoms with Gasteiger partial charge < -0.3 is 4.74 Å². The third-order valence-electron chi connectivity index (χ3n) is 3.19. The van der Waals surface area contributed by atoms with Crippen LogP contribution in [0.4, 0.5) is 0 Å². The van der Waals surface area contributed by atoms with Crippen LogP contribution < -0.4 is 4.74 Å². The molecule has 3 aromatic rings. The van der Waals surface area contributed by atoms with Crippen molar-refractivity contribution in [2.45, 2.75) is 6.92 Å². The van der Waals surface area contributed by atoms with Gasteiger partial charge in [-0.2, -0.15) is 0 Å². The molecule has 0 aliphatic carbocycles. The van der Waals surface area contributed by atoms with E-state index in [-0.39, 0.29) is 0 Å². The monoisotopic (exact) mass is 299 g/mol. The van der Waals surface area contributed by atoms with Crippen LogP contribution in [0.2, 0.25) is 0 Å². The summed E-state index contributed by atoms with van der Waals surface area (Å²) in [6.45, 7) is 2.11. The first-order chi connectivity index (χ1) is 9.78. The van der Waals surface area contributed by atoms with Crippen LogP contribution in [0.15, 0.2) is 54.6 Å². The Balaban J connectivity index is 2.00. The van der Waals surface area contributed by atoms with Crippen LogP contribution in [0.3, 0.4) is 0 Å². The Morgan fingerprint density at radius 1 is 1.00 bits per heavy atom. The second-order valence-corrected chi connectivity index (χ2v) is 6.82. The molecule has 100 valence electrons. The third-order valence-corrected chi connectivity index (χ3v) is 5.65. The van der Waals surface area contributed by atoms with Crippen LogP contribution >= 0.6 is 20.7 Å². The molecule has 0 bridgehead atoms. The second-order valence-electron chi connectivity index (χ2n) is 4.61. The summed E-state index contributed by atoms with van der Waals surface area (Å²) in [6.07, 6.45) is 0. The number of ether oxygens (including phenoxy) is 1. The average molecular weight is 299 g/mol. The fraction of sp³-hybridized carbons (Fsp3) is 0.118. The number of benzene rings is 2. The summed E-state index contributed by atoms with van der Waals surface area (Å²) < 4.78 is 5.44. The normalized spacial score (nSPS) is 10.5. The van der Waals surface area contributed by atoms with Crippen LogP contribution in [0.5, 0.6) is 5.75 Å². The number of methoxy groups -OCH3 is 1. The molecule has 3 rings (SSSR count). The molecule has 0 aliphatic heterocycles. The van der Waals surface area contributed by atoms with E-state index in [4.69, 9.17) is 4.74 Å². The van der Waals surface area contributed by atoms with Gasteiger partial charge in [-0.25, -0.2) is 0 Å². The first-order valence-corrected chi connectivity index (χ1v) is 8.56. The van der Waals surface area contributed by atoms with Gasteiger partial charge in [-0.15, -0.1) is 0 Å². The number of rotatable bonds is 3. The van der Waals surface area contributed by atoms with E-state index in [1.807, 2.05) is 28.5 Å². The molecule has 0 saturated heterocycles. The summed E-state index contributed by atoms with van der Waals surface area (Å²) in [7, 11) is 5.32. The fourth-order valence-corrected chi connectivity index (χ4v) is 4.54. The average Bonchev–Trinajstić information content (AvgIpc) is 2.97. The molecule has 0 aliphatic rings. The Labute approximate surface area is 126 Å². The van der Waals surface area contributed by atoms with Crippen LogP contribution in [0.1, 0.15) is 5.56 Å². The van der Waals surface area contributed by atoms with Crippen molar-refractivity contribution in [2.24, 2.45) is 0 Å². The molecule has 1 nitrogen and oxygen atoms in total. The first kappa shape index (κ1) is 13.3. The summed E-state index contributed by atoms with van der Waals surface area (Å²) in [4.78, 5) is 2.55. The van der Waals surface area contributed by atoms with Gasteiger partial charge in [0, 0.05) is 17.2 Å². The first-order valence-electron chi connectivity index (χ1n) is 6.41. The van der Waals surface area contributed by atoms with E-state index < -0.39 is 0 Å². The predicted molar refractivity (Wildman–Crippen MR) is 88.8 cm³/mol. The van der Waals surface area contributed by atoms with Crippen LogP contribution in [0, 0.1) is 6.92 Å². The summed E-state index contributed by atoms with van der Waals surface area (Å²) in [6, 6.07) is 19.1. The van der Waals surface area contributed by atoms with E-state index >= 15 is 0 Å². The van der Waals surface area contributed by atoms with Gasteiger partial charge >= 0.3 is 10.3 Å². The van der Waals surface area contributed by atoms with Gasteiger partial charge in [0.05, 0.1) is 7.11 Å². The molecule has 0 unspecified atom stereocenters. The van der Waals surface area contributed by atoms with Gasteiger partial charge in [0.1, 0.15) is 10.6 Å². The fourth-order valence-electron chi connectivity index (χ4n) is 2.08. The molecule has 20 heavy (non-hydrogen) atoms. The molecule has 0 N–H and O–H groups in total. The lowest BCUT2D eigenvalue weighted by Gasteiger charge is -2.03. The molecule has 0 atom stereocenters. The lowest BCUT2D eigenvalue weighted by Crippen LogP contribution is -1.85. The highest BCUT2D eigenvalue weighted by molar-refractivity contribution is 7.72. The van der Waals surface area contributed by atoms with Crippen molar-refractivity contribution < 1.29 is 4.74 Å². The number of hydrogen-bond acceptors (Lipinski definition) is 2. The molecule has 1 heterocycles. The van der Waals surface area contributed by atoms with E-state index in [0.717, 1.165) is 11.3 Å². The minimum atomic E-state index is 0.928. The summed E-state index contributed by atoms with van der Waals surface area (Å²) in [5, 5.41) is 0. The quantitative estimate of drug-likeness (QED) is 0.442. The maximum Gasteiger partial charge on any atom is 0.301 e. The van der Waals surface area contributed by atoms with E-state index in [9.17, 15) is 0 Å². The highest BCUT2D eigenvalue weighted by Gasteiger charge is 2.18. The van der Waals surface area contributed by atoms with Crippen molar-refractivity contribution in [3.8, 4) is 26.6 Å². The lowest BCUT2D eigenvalue weighted by molar-refractivity contribution is 0.416. The minimum Gasteiger partial charge on any atom is -0.496 e. The van der Waals surface area contributed by atoms with Crippen molar-refractivity contribution in [2.75, 3.05) is 7.11 Å². The number of aryl methyl sites for hydroxylation is 1. The number of para-hydroxylation sites is 1. The molecular weight excluding hydrogens is 284 g/mol. The van der Waals surface area contributed by atoms with Crippen LogP contribution in [-0.4, -0.2) is 7.11 Å². The molecule has 0 radical (unpaired) electrons. The summed E-state index contributed by atoms with van der Waals surface area (Å²) in [5.74, 6) is 0.928. The molecule has 1 aromatic heterocycles. The summed E-state index contributed by atoms with van der Waals surface area (Å²) in [5.41, 5.74) is 3.73. The highest BCUT2D eigenvalue weighted by Crippen LogP contribution is 2.40. The van der Waals surface area contributed by atoms with E-state index in [0.29, 0.717) is 0 Å². The van der Waals surface area contributed by atoms with Crippen molar-refractivity contribution in [1.82, 2.24) is 0 Å². The lowest BCUT2D eigenvalue weighted by atomic mass is 10.1. The van der Waals surface area contributed by atoms with Gasteiger partial charge in [0.15, 0.2) is 10.3 Å². The van der Waals surface area contributed by atoms with Crippen molar-refractivity contribution in [3.05, 3.63) is 60.2 Å². The third kappa shape index (κ3) is 2.60. The van der Waals surface area contributed by atoms with Gasteiger partial charge in [-0.1, -0.05) is 29.8 Å². The zero-order valence-corrected chi connectivity index (χ0v) is 13.1. The van der Waals surface area contributed by atoms with E-state index in [1.54, 1.807) is 17.5 Å². The Hall–Kier alpha value is -1.71.